The summed E-state index contributed by atoms with van der Waals surface area (Å²) in [6.07, 6.45) is 0. The standard InChI is InChI=1S/C21H25N2O6S2/c1-21(2)15-29-16-23(21)31(26,27)19-8-6-17(7-9-19)18-4-3-5-20(14-18)30(24,25)22-10-12-28-13-11-22/h3,5-9,14H,10-13,15-16H2,1-2H3. The van der Waals surface area contributed by atoms with Gasteiger partial charge in [-0.15, -0.1) is 0 Å². The molecule has 0 aromatic heterocycles. The molecule has 0 saturated carbocycles. The summed E-state index contributed by atoms with van der Waals surface area (Å²) in [7, 11) is -7.34. The second-order valence-electron chi connectivity index (χ2n) is 8.12. The van der Waals surface area contributed by atoms with Gasteiger partial charge in [-0.05, 0) is 55.3 Å². The van der Waals surface area contributed by atoms with Crippen molar-refractivity contribution in [1.82, 2.24) is 8.61 Å². The molecule has 2 aliphatic rings. The van der Waals surface area contributed by atoms with Crippen LogP contribution in [0.15, 0.2) is 52.3 Å². The molecule has 0 aliphatic carbocycles. The maximum atomic E-state index is 13.0. The van der Waals surface area contributed by atoms with E-state index in [-0.39, 0.29) is 16.5 Å². The molecule has 1 radical (unpaired) electrons. The number of morpholine rings is 1. The molecule has 31 heavy (non-hydrogen) atoms. The van der Waals surface area contributed by atoms with Gasteiger partial charge in [-0.3, -0.25) is 0 Å². The SMILES string of the molecule is CC1(C)COCN1S(=O)(=O)c1ccc(-c2[c]ccc(S(=O)(=O)N3CCOCC3)c2)cc1. The maximum Gasteiger partial charge on any atom is 0.245 e. The lowest BCUT2D eigenvalue weighted by atomic mass is 10.1. The van der Waals surface area contributed by atoms with Gasteiger partial charge in [0.2, 0.25) is 20.0 Å². The Bertz CT molecular complexity index is 1150. The molecule has 2 saturated heterocycles. The molecule has 2 aromatic carbocycles. The fraction of sp³-hybridized carbons (Fsp3) is 0.429. The zero-order valence-electron chi connectivity index (χ0n) is 17.4. The molecular formula is C21H25N2O6S2. The molecule has 167 valence electrons. The van der Waals surface area contributed by atoms with Gasteiger partial charge >= 0.3 is 0 Å². The van der Waals surface area contributed by atoms with Crippen LogP contribution in [0.1, 0.15) is 13.8 Å². The predicted octanol–water partition coefficient (Wildman–Crippen LogP) is 1.93. The van der Waals surface area contributed by atoms with E-state index in [1.165, 1.54) is 26.8 Å². The van der Waals surface area contributed by atoms with E-state index in [4.69, 9.17) is 9.47 Å². The van der Waals surface area contributed by atoms with Gasteiger partial charge < -0.3 is 9.47 Å². The predicted molar refractivity (Wildman–Crippen MR) is 114 cm³/mol. The first-order chi connectivity index (χ1) is 14.6. The molecule has 0 amide bonds. The topological polar surface area (TPSA) is 93.2 Å². The van der Waals surface area contributed by atoms with Crippen LogP contribution in [-0.2, 0) is 29.5 Å². The lowest BCUT2D eigenvalue weighted by molar-refractivity contribution is 0.0730. The van der Waals surface area contributed by atoms with Crippen molar-refractivity contribution in [2.45, 2.75) is 29.2 Å². The minimum Gasteiger partial charge on any atom is -0.379 e. The van der Waals surface area contributed by atoms with Gasteiger partial charge in [-0.25, -0.2) is 16.8 Å². The average molecular weight is 466 g/mol. The Kier molecular flexibility index (Phi) is 5.97. The monoisotopic (exact) mass is 465 g/mol. The summed E-state index contributed by atoms with van der Waals surface area (Å²) in [6.45, 7) is 5.39. The molecule has 0 bridgehead atoms. The van der Waals surface area contributed by atoms with Crippen molar-refractivity contribution in [2.75, 3.05) is 39.6 Å². The third-order valence-corrected chi connectivity index (χ3v) is 9.42. The number of ether oxygens (including phenoxy) is 2. The number of sulfonamides is 2. The first-order valence-electron chi connectivity index (χ1n) is 9.93. The molecule has 4 rings (SSSR count). The zero-order chi connectivity index (χ0) is 22.3. The van der Waals surface area contributed by atoms with Crippen LogP contribution in [0.3, 0.4) is 0 Å². The van der Waals surface area contributed by atoms with Crippen LogP contribution in [0.2, 0.25) is 0 Å². The Balaban J connectivity index is 1.61. The van der Waals surface area contributed by atoms with Crippen LogP contribution in [0.4, 0.5) is 0 Å². The fourth-order valence-electron chi connectivity index (χ4n) is 3.66. The Morgan fingerprint density at radius 3 is 2.19 bits per heavy atom. The number of rotatable bonds is 5. The summed E-state index contributed by atoms with van der Waals surface area (Å²) >= 11 is 0. The zero-order valence-corrected chi connectivity index (χ0v) is 19.1. The summed E-state index contributed by atoms with van der Waals surface area (Å²) in [5, 5.41) is 0. The van der Waals surface area contributed by atoms with E-state index in [9.17, 15) is 16.8 Å². The van der Waals surface area contributed by atoms with Crippen LogP contribution in [0.25, 0.3) is 11.1 Å². The van der Waals surface area contributed by atoms with Gasteiger partial charge in [-0.1, -0.05) is 18.2 Å². The maximum absolute atomic E-state index is 13.0. The van der Waals surface area contributed by atoms with E-state index in [1.807, 2.05) is 13.8 Å². The molecule has 0 unspecified atom stereocenters. The molecule has 10 heteroatoms. The highest BCUT2D eigenvalue weighted by Crippen LogP contribution is 2.31. The van der Waals surface area contributed by atoms with E-state index in [0.29, 0.717) is 44.0 Å². The van der Waals surface area contributed by atoms with Crippen molar-refractivity contribution < 1.29 is 26.3 Å². The highest BCUT2D eigenvalue weighted by molar-refractivity contribution is 7.89. The quantitative estimate of drug-likeness (QED) is 0.670. The van der Waals surface area contributed by atoms with Gasteiger partial charge in [-0.2, -0.15) is 8.61 Å². The second-order valence-corrected chi connectivity index (χ2v) is 11.9. The number of hydrogen-bond acceptors (Lipinski definition) is 6. The summed E-state index contributed by atoms with van der Waals surface area (Å²) in [6, 6.07) is 14.1. The molecule has 2 aliphatic heterocycles. The minimum atomic E-state index is -3.71. The normalized spacial score (nSPS) is 20.7. The minimum absolute atomic E-state index is 0.0201. The van der Waals surface area contributed by atoms with Gasteiger partial charge in [0.05, 0.1) is 35.2 Å². The second kappa shape index (κ2) is 8.27. The van der Waals surface area contributed by atoms with Crippen LogP contribution < -0.4 is 0 Å². The molecule has 0 N–H and O–H groups in total. The Morgan fingerprint density at radius 1 is 0.903 bits per heavy atom. The summed E-state index contributed by atoms with van der Waals surface area (Å²) in [5.41, 5.74) is 0.631. The third kappa shape index (κ3) is 4.28. The van der Waals surface area contributed by atoms with Crippen molar-refractivity contribution >= 4 is 20.0 Å². The first-order valence-corrected chi connectivity index (χ1v) is 12.8. The van der Waals surface area contributed by atoms with Crippen molar-refractivity contribution in [1.29, 1.82) is 0 Å². The number of benzene rings is 2. The molecule has 2 aromatic rings. The van der Waals surface area contributed by atoms with Gasteiger partial charge in [0.15, 0.2) is 0 Å². The van der Waals surface area contributed by atoms with E-state index in [2.05, 4.69) is 6.07 Å². The van der Waals surface area contributed by atoms with E-state index in [0.717, 1.165) is 0 Å². The van der Waals surface area contributed by atoms with Crippen LogP contribution in [0, 0.1) is 6.07 Å². The molecule has 2 fully saturated rings. The summed E-state index contributed by atoms with van der Waals surface area (Å²) in [4.78, 5) is 0.336. The average Bonchev–Trinajstić information content (AvgIpc) is 3.14. The number of hydrogen-bond donors (Lipinski definition) is 0. The Labute approximate surface area is 183 Å². The van der Waals surface area contributed by atoms with Crippen LogP contribution >= 0.6 is 0 Å². The molecule has 2 heterocycles. The van der Waals surface area contributed by atoms with Crippen LogP contribution in [0.5, 0.6) is 0 Å². The first kappa shape index (κ1) is 22.4. The van der Waals surface area contributed by atoms with Gasteiger partial charge in [0.25, 0.3) is 0 Å². The molecule has 0 atom stereocenters. The molecule has 8 nitrogen and oxygen atoms in total. The molecular weight excluding hydrogens is 440 g/mol. The van der Waals surface area contributed by atoms with E-state index in [1.54, 1.807) is 24.3 Å². The Hall–Kier alpha value is -1.82. The van der Waals surface area contributed by atoms with Crippen LogP contribution in [-0.4, -0.2) is 70.6 Å². The van der Waals surface area contributed by atoms with Crippen molar-refractivity contribution in [3.8, 4) is 11.1 Å². The largest absolute Gasteiger partial charge is 0.379 e. The van der Waals surface area contributed by atoms with Crippen molar-refractivity contribution in [3.05, 3.63) is 48.5 Å². The van der Waals surface area contributed by atoms with E-state index >= 15 is 0 Å². The lowest BCUT2D eigenvalue weighted by Crippen LogP contribution is -2.44. The lowest BCUT2D eigenvalue weighted by Gasteiger charge is -2.28. The highest BCUT2D eigenvalue weighted by Gasteiger charge is 2.42. The molecule has 0 spiro atoms. The third-order valence-electron chi connectivity index (χ3n) is 5.47. The highest BCUT2D eigenvalue weighted by atomic mass is 32.2. The van der Waals surface area contributed by atoms with Gasteiger partial charge in [0, 0.05) is 13.1 Å². The summed E-state index contributed by atoms with van der Waals surface area (Å²) in [5.74, 6) is 0. The van der Waals surface area contributed by atoms with Crippen molar-refractivity contribution in [2.24, 2.45) is 0 Å². The number of nitrogens with zero attached hydrogens (tertiary/aromatic N) is 2. The fourth-order valence-corrected chi connectivity index (χ4v) is 6.75. The Morgan fingerprint density at radius 2 is 1.58 bits per heavy atom. The van der Waals surface area contributed by atoms with Gasteiger partial charge in [0.1, 0.15) is 6.73 Å². The van der Waals surface area contributed by atoms with Crippen molar-refractivity contribution in [3.63, 3.8) is 0 Å². The van der Waals surface area contributed by atoms with E-state index < -0.39 is 25.6 Å². The summed E-state index contributed by atoms with van der Waals surface area (Å²) < 4.78 is 65.2. The smallest absolute Gasteiger partial charge is 0.245 e.